The normalized spacial score (nSPS) is 17.2. The quantitative estimate of drug-likeness (QED) is 0.940. The summed E-state index contributed by atoms with van der Waals surface area (Å²) in [7, 11) is 1.73. The molecule has 4 nitrogen and oxygen atoms in total. The molecule has 3 rings (SSSR count). The van der Waals surface area contributed by atoms with E-state index >= 15 is 0 Å². The summed E-state index contributed by atoms with van der Waals surface area (Å²) in [5.74, 6) is 0.925. The maximum absolute atomic E-state index is 5.60. The van der Waals surface area contributed by atoms with Gasteiger partial charge in [-0.1, -0.05) is 24.3 Å². The molecule has 1 unspecified atom stereocenters. The molecule has 0 bridgehead atoms. The molecule has 1 aromatic heterocycles. The molecule has 1 aliphatic heterocycles. The van der Waals surface area contributed by atoms with E-state index in [-0.39, 0.29) is 6.04 Å². The molecule has 0 spiro atoms. The minimum Gasteiger partial charge on any atom is -0.496 e. The summed E-state index contributed by atoms with van der Waals surface area (Å²) in [4.78, 5) is 7.27. The van der Waals surface area contributed by atoms with Gasteiger partial charge in [-0.25, -0.2) is 0 Å². The molecule has 4 heteroatoms. The average Bonchev–Trinajstić information content (AvgIpc) is 2.57. The van der Waals surface area contributed by atoms with Crippen molar-refractivity contribution in [1.29, 1.82) is 0 Å². The van der Waals surface area contributed by atoms with Crippen LogP contribution < -0.4 is 10.1 Å². The molecule has 0 radical (unpaired) electrons. The van der Waals surface area contributed by atoms with Crippen LogP contribution >= 0.6 is 0 Å². The maximum Gasteiger partial charge on any atom is 0.124 e. The second-order valence-corrected chi connectivity index (χ2v) is 5.63. The van der Waals surface area contributed by atoms with E-state index in [1.165, 1.54) is 5.56 Å². The van der Waals surface area contributed by atoms with Crippen molar-refractivity contribution in [3.63, 3.8) is 0 Å². The molecule has 1 atom stereocenters. The van der Waals surface area contributed by atoms with E-state index < -0.39 is 0 Å². The van der Waals surface area contributed by atoms with Crippen LogP contribution in [0.1, 0.15) is 23.0 Å². The number of nitrogens with zero attached hydrogens (tertiary/aromatic N) is 2. The Labute approximate surface area is 132 Å². The number of aryl methyl sites for hydroxylation is 1. The lowest BCUT2D eigenvalue weighted by molar-refractivity contribution is 0.192. The first-order chi connectivity index (χ1) is 10.8. The van der Waals surface area contributed by atoms with E-state index in [9.17, 15) is 0 Å². The molecule has 1 aliphatic rings. The minimum absolute atomic E-state index is 0.137. The molecule has 1 N–H and O–H groups in total. The molecule has 0 saturated carbocycles. The van der Waals surface area contributed by atoms with Gasteiger partial charge in [0.2, 0.25) is 0 Å². The van der Waals surface area contributed by atoms with Gasteiger partial charge in [-0.05, 0) is 25.1 Å². The van der Waals surface area contributed by atoms with Crippen molar-refractivity contribution < 1.29 is 4.74 Å². The Balaban J connectivity index is 2.05. The van der Waals surface area contributed by atoms with Crippen LogP contribution in [0.4, 0.5) is 0 Å². The number of hydrogen-bond acceptors (Lipinski definition) is 4. The molecule has 2 heterocycles. The van der Waals surface area contributed by atoms with E-state index in [2.05, 4.69) is 34.5 Å². The number of para-hydroxylation sites is 1. The molecule has 116 valence electrons. The number of piperazine rings is 1. The topological polar surface area (TPSA) is 37.4 Å². The second kappa shape index (κ2) is 6.90. The zero-order chi connectivity index (χ0) is 15.4. The maximum atomic E-state index is 5.60. The number of nitrogens with one attached hydrogen (secondary N) is 1. The number of methoxy groups -OCH3 is 1. The van der Waals surface area contributed by atoms with Gasteiger partial charge in [-0.3, -0.25) is 9.88 Å². The fourth-order valence-electron chi connectivity index (χ4n) is 3.09. The van der Waals surface area contributed by atoms with Crippen LogP contribution in [0.15, 0.2) is 42.5 Å². The van der Waals surface area contributed by atoms with Crippen molar-refractivity contribution in [2.24, 2.45) is 0 Å². The summed E-state index contributed by atoms with van der Waals surface area (Å²) in [6, 6.07) is 14.6. The number of ether oxygens (including phenoxy) is 1. The van der Waals surface area contributed by atoms with Gasteiger partial charge in [0.15, 0.2) is 0 Å². The van der Waals surface area contributed by atoms with Crippen LogP contribution in [-0.4, -0.2) is 43.2 Å². The van der Waals surface area contributed by atoms with Crippen LogP contribution in [-0.2, 0) is 0 Å². The highest BCUT2D eigenvalue weighted by atomic mass is 16.5. The summed E-state index contributed by atoms with van der Waals surface area (Å²) in [5, 5.41) is 3.42. The lowest BCUT2D eigenvalue weighted by Crippen LogP contribution is -2.45. The first kappa shape index (κ1) is 15.0. The van der Waals surface area contributed by atoms with Crippen molar-refractivity contribution in [1.82, 2.24) is 15.2 Å². The fourth-order valence-corrected chi connectivity index (χ4v) is 3.09. The Bertz CT molecular complexity index is 623. The SMILES string of the molecule is COc1ccccc1C(c1cccc(C)n1)N1CCNCC1. The monoisotopic (exact) mass is 297 g/mol. The van der Waals surface area contributed by atoms with Crippen LogP contribution in [0.5, 0.6) is 5.75 Å². The molecule has 0 aliphatic carbocycles. The molecule has 1 saturated heterocycles. The third-order valence-corrected chi connectivity index (χ3v) is 4.14. The molecule has 1 aromatic carbocycles. The van der Waals surface area contributed by atoms with E-state index in [4.69, 9.17) is 9.72 Å². The zero-order valence-corrected chi connectivity index (χ0v) is 13.2. The van der Waals surface area contributed by atoms with Crippen LogP contribution in [0.3, 0.4) is 0 Å². The second-order valence-electron chi connectivity index (χ2n) is 5.63. The van der Waals surface area contributed by atoms with Gasteiger partial charge in [-0.15, -0.1) is 0 Å². The summed E-state index contributed by atoms with van der Waals surface area (Å²) in [6.45, 7) is 6.09. The highest BCUT2D eigenvalue weighted by Crippen LogP contribution is 2.33. The Hall–Kier alpha value is -1.91. The Kier molecular flexibility index (Phi) is 4.71. The van der Waals surface area contributed by atoms with E-state index in [1.807, 2.05) is 25.1 Å². The molecular weight excluding hydrogens is 274 g/mol. The number of hydrogen-bond donors (Lipinski definition) is 1. The lowest BCUT2D eigenvalue weighted by atomic mass is 9.99. The summed E-state index contributed by atoms with van der Waals surface area (Å²) in [6.07, 6.45) is 0. The van der Waals surface area contributed by atoms with E-state index in [0.717, 1.165) is 43.3 Å². The van der Waals surface area contributed by atoms with Gasteiger partial charge < -0.3 is 10.1 Å². The number of benzene rings is 1. The number of pyridine rings is 1. The van der Waals surface area contributed by atoms with Crippen molar-refractivity contribution in [2.45, 2.75) is 13.0 Å². The molecule has 1 fully saturated rings. The number of aromatic nitrogens is 1. The van der Waals surface area contributed by atoms with Gasteiger partial charge in [0, 0.05) is 37.4 Å². The van der Waals surface area contributed by atoms with Gasteiger partial charge in [0.05, 0.1) is 18.8 Å². The molecular formula is C18H23N3O. The van der Waals surface area contributed by atoms with Crippen molar-refractivity contribution in [2.75, 3.05) is 33.3 Å². The third-order valence-electron chi connectivity index (χ3n) is 4.14. The van der Waals surface area contributed by atoms with Gasteiger partial charge in [-0.2, -0.15) is 0 Å². The van der Waals surface area contributed by atoms with Crippen molar-refractivity contribution in [3.8, 4) is 5.75 Å². The fraction of sp³-hybridized carbons (Fsp3) is 0.389. The number of rotatable bonds is 4. The van der Waals surface area contributed by atoms with E-state index in [1.54, 1.807) is 7.11 Å². The molecule has 22 heavy (non-hydrogen) atoms. The predicted octanol–water partition coefficient (Wildman–Crippen LogP) is 2.39. The molecule has 0 amide bonds. The summed E-state index contributed by atoms with van der Waals surface area (Å²) in [5.41, 5.74) is 3.32. The van der Waals surface area contributed by atoms with Crippen LogP contribution in [0.25, 0.3) is 0 Å². The van der Waals surface area contributed by atoms with Gasteiger partial charge >= 0.3 is 0 Å². The smallest absolute Gasteiger partial charge is 0.124 e. The van der Waals surface area contributed by atoms with Crippen molar-refractivity contribution in [3.05, 3.63) is 59.4 Å². The lowest BCUT2D eigenvalue weighted by Gasteiger charge is -2.35. The van der Waals surface area contributed by atoms with Crippen LogP contribution in [0, 0.1) is 6.92 Å². The Morgan fingerprint density at radius 2 is 1.86 bits per heavy atom. The predicted molar refractivity (Wildman–Crippen MR) is 88.3 cm³/mol. The third kappa shape index (κ3) is 3.13. The van der Waals surface area contributed by atoms with Crippen LogP contribution in [0.2, 0.25) is 0 Å². The van der Waals surface area contributed by atoms with Crippen molar-refractivity contribution >= 4 is 0 Å². The highest BCUT2D eigenvalue weighted by Gasteiger charge is 2.27. The summed E-state index contributed by atoms with van der Waals surface area (Å²) < 4.78 is 5.60. The highest BCUT2D eigenvalue weighted by molar-refractivity contribution is 5.40. The standard InChI is InChI=1S/C18H23N3O/c1-14-6-5-8-16(20-14)18(21-12-10-19-11-13-21)15-7-3-4-9-17(15)22-2/h3-9,18-19H,10-13H2,1-2H3. The Morgan fingerprint density at radius 1 is 1.09 bits per heavy atom. The Morgan fingerprint density at radius 3 is 2.59 bits per heavy atom. The van der Waals surface area contributed by atoms with Gasteiger partial charge in [0.25, 0.3) is 0 Å². The average molecular weight is 297 g/mol. The molecule has 2 aromatic rings. The first-order valence-electron chi connectivity index (χ1n) is 7.81. The largest absolute Gasteiger partial charge is 0.496 e. The van der Waals surface area contributed by atoms with Gasteiger partial charge in [0.1, 0.15) is 5.75 Å². The first-order valence-corrected chi connectivity index (χ1v) is 7.81. The minimum atomic E-state index is 0.137. The summed E-state index contributed by atoms with van der Waals surface area (Å²) >= 11 is 0. The van der Waals surface area contributed by atoms with E-state index in [0.29, 0.717) is 0 Å². The zero-order valence-electron chi connectivity index (χ0n) is 13.2.